The van der Waals surface area contributed by atoms with E-state index in [9.17, 15) is 0 Å². The molecule has 1 aromatic heterocycles. The predicted octanol–water partition coefficient (Wildman–Crippen LogP) is 3.61. The highest BCUT2D eigenvalue weighted by molar-refractivity contribution is 14.0. The maximum Gasteiger partial charge on any atom is 0.191 e. The number of aliphatic imine (C=N–C) groups is 1. The molecule has 0 saturated heterocycles. The second-order valence-corrected chi connectivity index (χ2v) is 6.80. The van der Waals surface area contributed by atoms with Crippen molar-refractivity contribution in [2.45, 2.75) is 20.0 Å². The zero-order chi connectivity index (χ0) is 21.2. The van der Waals surface area contributed by atoms with Crippen molar-refractivity contribution in [2.75, 3.05) is 27.3 Å². The number of hydrogen-bond acceptors (Lipinski definition) is 4. The van der Waals surface area contributed by atoms with E-state index in [-0.39, 0.29) is 24.0 Å². The number of imidazole rings is 1. The summed E-state index contributed by atoms with van der Waals surface area (Å²) in [4.78, 5) is 8.55. The van der Waals surface area contributed by atoms with E-state index in [1.807, 2.05) is 43.6 Å². The van der Waals surface area contributed by atoms with Crippen LogP contribution in [0.1, 0.15) is 17.0 Å². The van der Waals surface area contributed by atoms with Crippen LogP contribution >= 0.6 is 24.0 Å². The highest BCUT2D eigenvalue weighted by Crippen LogP contribution is 2.16. The van der Waals surface area contributed by atoms with Gasteiger partial charge in [0, 0.05) is 32.5 Å². The van der Waals surface area contributed by atoms with Gasteiger partial charge in [0.1, 0.15) is 23.9 Å². The van der Waals surface area contributed by atoms with Crippen LogP contribution in [0.4, 0.5) is 0 Å². The molecule has 0 aliphatic rings. The van der Waals surface area contributed by atoms with E-state index >= 15 is 0 Å². The van der Waals surface area contributed by atoms with Gasteiger partial charge in [-0.2, -0.15) is 0 Å². The number of benzene rings is 2. The molecule has 166 valence electrons. The normalized spacial score (nSPS) is 10.9. The van der Waals surface area contributed by atoms with Gasteiger partial charge in [-0.3, -0.25) is 4.99 Å². The highest BCUT2D eigenvalue weighted by atomic mass is 127. The van der Waals surface area contributed by atoms with Gasteiger partial charge in [0.2, 0.25) is 0 Å². The van der Waals surface area contributed by atoms with Crippen LogP contribution in [0, 0.1) is 6.92 Å². The van der Waals surface area contributed by atoms with Crippen LogP contribution in [0.5, 0.6) is 11.5 Å². The second-order valence-electron chi connectivity index (χ2n) is 6.80. The molecule has 0 radical (unpaired) electrons. The fraction of sp³-hybridized carbons (Fsp3) is 0.304. The lowest BCUT2D eigenvalue weighted by Gasteiger charge is -2.13. The zero-order valence-electron chi connectivity index (χ0n) is 18.2. The maximum absolute atomic E-state index is 5.73. The Morgan fingerprint density at radius 3 is 2.48 bits per heavy atom. The monoisotopic (exact) mass is 535 g/mol. The van der Waals surface area contributed by atoms with Gasteiger partial charge >= 0.3 is 0 Å². The average Bonchev–Trinajstić information content (AvgIpc) is 3.18. The molecule has 0 amide bonds. The van der Waals surface area contributed by atoms with E-state index in [4.69, 9.17) is 9.47 Å². The lowest BCUT2D eigenvalue weighted by atomic mass is 10.1. The molecule has 3 aromatic rings. The minimum atomic E-state index is 0. The summed E-state index contributed by atoms with van der Waals surface area (Å²) in [6.45, 7) is 4.70. The average molecular weight is 535 g/mol. The summed E-state index contributed by atoms with van der Waals surface area (Å²) in [7, 11) is 3.41. The number of nitrogens with one attached hydrogen (secondary N) is 2. The van der Waals surface area contributed by atoms with Gasteiger partial charge in [0.05, 0.1) is 13.7 Å². The summed E-state index contributed by atoms with van der Waals surface area (Å²) in [5.41, 5.74) is 2.44. The van der Waals surface area contributed by atoms with E-state index in [2.05, 4.69) is 49.4 Å². The molecule has 0 aliphatic carbocycles. The van der Waals surface area contributed by atoms with Crippen LogP contribution < -0.4 is 20.1 Å². The fourth-order valence-electron chi connectivity index (χ4n) is 3.02. The molecule has 1 heterocycles. The molecule has 8 heteroatoms. The van der Waals surface area contributed by atoms with Gasteiger partial charge in [-0.25, -0.2) is 4.98 Å². The van der Waals surface area contributed by atoms with Crippen molar-refractivity contribution in [3.8, 4) is 11.5 Å². The summed E-state index contributed by atoms with van der Waals surface area (Å²) in [6, 6.07) is 16.1. The lowest BCUT2D eigenvalue weighted by Crippen LogP contribution is -2.38. The Balaban J connectivity index is 0.00000341. The van der Waals surface area contributed by atoms with Gasteiger partial charge in [-0.1, -0.05) is 24.3 Å². The number of rotatable bonds is 9. The Morgan fingerprint density at radius 1 is 1.06 bits per heavy atom. The molecule has 0 spiro atoms. The number of guanidine groups is 1. The first kappa shape index (κ1) is 24.5. The Hall–Kier alpha value is -2.75. The van der Waals surface area contributed by atoms with E-state index in [1.54, 1.807) is 14.2 Å². The van der Waals surface area contributed by atoms with Crippen LogP contribution in [0.3, 0.4) is 0 Å². The zero-order valence-corrected chi connectivity index (χ0v) is 20.5. The standard InChI is InChI=1S/C23H29N5O2.HI/c1-18-25-11-13-28(18)17-20-6-4-5-19(15-20)16-27-23(24-2)26-12-14-30-22-9-7-21(29-3)8-10-22;/h4-11,13,15H,12,14,16-17H2,1-3H3,(H2,24,26,27);1H. The number of aryl methyl sites for hydroxylation is 1. The largest absolute Gasteiger partial charge is 0.497 e. The molecule has 7 nitrogen and oxygen atoms in total. The first-order valence-corrected chi connectivity index (χ1v) is 9.95. The number of ether oxygens (including phenoxy) is 2. The minimum absolute atomic E-state index is 0. The summed E-state index contributed by atoms with van der Waals surface area (Å²) >= 11 is 0. The Kier molecular flexibility index (Phi) is 10.2. The van der Waals surface area contributed by atoms with Crippen molar-refractivity contribution in [2.24, 2.45) is 4.99 Å². The summed E-state index contributed by atoms with van der Waals surface area (Å²) < 4.78 is 13.0. The maximum atomic E-state index is 5.73. The van der Waals surface area contributed by atoms with Gasteiger partial charge in [-0.15, -0.1) is 24.0 Å². The van der Waals surface area contributed by atoms with Crippen LogP contribution in [0.2, 0.25) is 0 Å². The third kappa shape index (κ3) is 7.78. The number of hydrogen-bond donors (Lipinski definition) is 2. The number of methoxy groups -OCH3 is 1. The molecule has 0 aliphatic heterocycles. The molecule has 3 rings (SSSR count). The van der Waals surface area contributed by atoms with E-state index < -0.39 is 0 Å². The Morgan fingerprint density at radius 2 is 1.81 bits per heavy atom. The van der Waals surface area contributed by atoms with Crippen molar-refractivity contribution >= 4 is 29.9 Å². The number of aromatic nitrogens is 2. The van der Waals surface area contributed by atoms with Crippen molar-refractivity contribution in [3.63, 3.8) is 0 Å². The van der Waals surface area contributed by atoms with Gasteiger partial charge in [0.15, 0.2) is 5.96 Å². The van der Waals surface area contributed by atoms with Crippen molar-refractivity contribution in [1.29, 1.82) is 0 Å². The molecule has 2 aromatic carbocycles. The molecule has 31 heavy (non-hydrogen) atoms. The topological polar surface area (TPSA) is 72.7 Å². The van der Waals surface area contributed by atoms with E-state index in [0.29, 0.717) is 19.7 Å². The summed E-state index contributed by atoms with van der Waals surface area (Å²) in [6.07, 6.45) is 3.83. The smallest absolute Gasteiger partial charge is 0.191 e. The molecule has 0 atom stereocenters. The molecule has 0 unspecified atom stereocenters. The Labute approximate surface area is 200 Å². The third-order valence-corrected chi connectivity index (χ3v) is 4.67. The van der Waals surface area contributed by atoms with Gasteiger partial charge < -0.3 is 24.7 Å². The van der Waals surface area contributed by atoms with Crippen LogP contribution in [-0.4, -0.2) is 42.8 Å². The minimum Gasteiger partial charge on any atom is -0.497 e. The third-order valence-electron chi connectivity index (χ3n) is 4.67. The number of halogens is 1. The predicted molar refractivity (Wildman–Crippen MR) is 135 cm³/mol. The van der Waals surface area contributed by atoms with Gasteiger partial charge in [-0.05, 0) is 42.3 Å². The SMILES string of the molecule is CN=C(NCCOc1ccc(OC)cc1)NCc1cccc(Cn2ccnc2C)c1.I. The quantitative estimate of drug-likeness (QED) is 0.190. The molecule has 0 saturated carbocycles. The molecule has 2 N–H and O–H groups in total. The summed E-state index contributed by atoms with van der Waals surface area (Å²) in [5.74, 6) is 3.38. The van der Waals surface area contributed by atoms with Crippen molar-refractivity contribution in [1.82, 2.24) is 20.2 Å². The molecular weight excluding hydrogens is 505 g/mol. The van der Waals surface area contributed by atoms with E-state index in [1.165, 1.54) is 11.1 Å². The molecule has 0 fully saturated rings. The first-order valence-electron chi connectivity index (χ1n) is 9.95. The van der Waals surface area contributed by atoms with Crippen LogP contribution in [0.15, 0.2) is 65.9 Å². The lowest BCUT2D eigenvalue weighted by molar-refractivity contribution is 0.321. The molecule has 0 bridgehead atoms. The highest BCUT2D eigenvalue weighted by Gasteiger charge is 2.02. The van der Waals surface area contributed by atoms with Crippen molar-refractivity contribution in [3.05, 3.63) is 77.9 Å². The molecular formula is C23H30IN5O2. The van der Waals surface area contributed by atoms with E-state index in [0.717, 1.165) is 29.8 Å². The van der Waals surface area contributed by atoms with Crippen LogP contribution in [0.25, 0.3) is 0 Å². The Bertz CT molecular complexity index is 957. The van der Waals surface area contributed by atoms with Gasteiger partial charge in [0.25, 0.3) is 0 Å². The van der Waals surface area contributed by atoms with Crippen molar-refractivity contribution < 1.29 is 9.47 Å². The van der Waals surface area contributed by atoms with Crippen LogP contribution in [-0.2, 0) is 13.1 Å². The summed E-state index contributed by atoms with van der Waals surface area (Å²) in [5, 5.41) is 6.61. The number of nitrogens with zero attached hydrogens (tertiary/aromatic N) is 3. The fourth-order valence-corrected chi connectivity index (χ4v) is 3.02. The second kappa shape index (κ2) is 12.8. The first-order chi connectivity index (χ1) is 14.7.